The first-order chi connectivity index (χ1) is 10.9. The standard InChI is InChI=1S/C16H15ClN2O4/c1-16(15(21)22)6-7-19(9-16)14(20)12-8-13(23-18-12)10-2-4-11(17)5-3-10/h2-5,8H,6-7,9H2,1H3,(H,21,22). The van der Waals surface area contributed by atoms with Crippen molar-refractivity contribution in [2.45, 2.75) is 13.3 Å². The number of carboxylic acids is 1. The number of rotatable bonds is 3. The number of carbonyl (C=O) groups is 2. The SMILES string of the molecule is CC1(C(=O)O)CCN(C(=O)c2cc(-c3ccc(Cl)cc3)on2)C1. The van der Waals surface area contributed by atoms with Gasteiger partial charge in [-0.1, -0.05) is 16.8 Å². The van der Waals surface area contributed by atoms with Crippen LogP contribution in [0, 0.1) is 5.41 Å². The fourth-order valence-corrected chi connectivity index (χ4v) is 2.72. The molecular formula is C16H15ClN2O4. The van der Waals surface area contributed by atoms with Crippen LogP contribution in [0.5, 0.6) is 0 Å². The summed E-state index contributed by atoms with van der Waals surface area (Å²) in [5.41, 5.74) is 0.0284. The van der Waals surface area contributed by atoms with E-state index in [-0.39, 0.29) is 18.1 Å². The molecule has 1 atom stereocenters. The summed E-state index contributed by atoms with van der Waals surface area (Å²) in [7, 11) is 0. The summed E-state index contributed by atoms with van der Waals surface area (Å²) < 4.78 is 5.21. The van der Waals surface area contributed by atoms with Crippen LogP contribution in [0.1, 0.15) is 23.8 Å². The Morgan fingerprint density at radius 2 is 2.04 bits per heavy atom. The van der Waals surface area contributed by atoms with Crippen molar-refractivity contribution in [1.82, 2.24) is 10.1 Å². The lowest BCUT2D eigenvalue weighted by molar-refractivity contribution is -0.147. The van der Waals surface area contributed by atoms with Crippen LogP contribution in [0.2, 0.25) is 5.02 Å². The van der Waals surface area contributed by atoms with E-state index in [2.05, 4.69) is 5.16 Å². The summed E-state index contributed by atoms with van der Waals surface area (Å²) in [6, 6.07) is 8.55. The molecule has 1 fully saturated rings. The molecule has 1 N–H and O–H groups in total. The summed E-state index contributed by atoms with van der Waals surface area (Å²) in [6.45, 7) is 2.21. The van der Waals surface area contributed by atoms with E-state index in [9.17, 15) is 14.7 Å². The van der Waals surface area contributed by atoms with Crippen molar-refractivity contribution in [2.75, 3.05) is 13.1 Å². The maximum absolute atomic E-state index is 12.4. The fourth-order valence-electron chi connectivity index (χ4n) is 2.60. The molecule has 3 rings (SSSR count). The van der Waals surface area contributed by atoms with Gasteiger partial charge in [-0.2, -0.15) is 0 Å². The van der Waals surface area contributed by atoms with E-state index in [1.807, 2.05) is 0 Å². The van der Waals surface area contributed by atoms with Crippen molar-refractivity contribution in [3.8, 4) is 11.3 Å². The van der Waals surface area contributed by atoms with Crippen LogP contribution in [-0.2, 0) is 4.79 Å². The number of amides is 1. The summed E-state index contributed by atoms with van der Waals surface area (Å²) >= 11 is 5.84. The second-order valence-electron chi connectivity index (χ2n) is 5.93. The Labute approximate surface area is 137 Å². The van der Waals surface area contributed by atoms with Gasteiger partial charge in [0.1, 0.15) is 0 Å². The third-order valence-electron chi connectivity index (χ3n) is 4.13. The van der Waals surface area contributed by atoms with Gasteiger partial charge in [0.15, 0.2) is 11.5 Å². The Kier molecular flexibility index (Phi) is 3.85. The molecule has 0 saturated carbocycles. The highest BCUT2D eigenvalue weighted by Crippen LogP contribution is 2.31. The second kappa shape index (κ2) is 5.70. The minimum Gasteiger partial charge on any atom is -0.481 e. The van der Waals surface area contributed by atoms with Crippen LogP contribution < -0.4 is 0 Å². The van der Waals surface area contributed by atoms with Crippen LogP contribution in [0.3, 0.4) is 0 Å². The summed E-state index contributed by atoms with van der Waals surface area (Å²) in [6.07, 6.45) is 0.427. The Morgan fingerprint density at radius 3 is 2.65 bits per heavy atom. The molecule has 23 heavy (non-hydrogen) atoms. The van der Waals surface area contributed by atoms with E-state index < -0.39 is 11.4 Å². The van der Waals surface area contributed by atoms with Crippen molar-refractivity contribution in [2.24, 2.45) is 5.41 Å². The summed E-state index contributed by atoms with van der Waals surface area (Å²) in [5, 5.41) is 13.6. The average molecular weight is 335 g/mol. The van der Waals surface area contributed by atoms with Crippen molar-refractivity contribution >= 4 is 23.5 Å². The molecule has 1 aliphatic rings. The maximum Gasteiger partial charge on any atom is 0.311 e. The molecular weight excluding hydrogens is 320 g/mol. The molecule has 1 amide bonds. The van der Waals surface area contributed by atoms with E-state index in [0.717, 1.165) is 5.56 Å². The number of carbonyl (C=O) groups excluding carboxylic acids is 1. The van der Waals surface area contributed by atoms with Gasteiger partial charge in [-0.05, 0) is 37.6 Å². The molecule has 2 aromatic rings. The largest absolute Gasteiger partial charge is 0.481 e. The van der Waals surface area contributed by atoms with E-state index in [0.29, 0.717) is 23.7 Å². The van der Waals surface area contributed by atoms with Crippen LogP contribution in [0.4, 0.5) is 0 Å². The zero-order valence-corrected chi connectivity index (χ0v) is 13.2. The lowest BCUT2D eigenvalue weighted by Gasteiger charge is -2.19. The number of hydrogen-bond acceptors (Lipinski definition) is 4. The summed E-state index contributed by atoms with van der Waals surface area (Å²) in [5.74, 6) is -0.751. The van der Waals surface area contributed by atoms with Crippen LogP contribution >= 0.6 is 11.6 Å². The quantitative estimate of drug-likeness (QED) is 0.933. The van der Waals surface area contributed by atoms with Crippen LogP contribution in [0.25, 0.3) is 11.3 Å². The first-order valence-electron chi connectivity index (χ1n) is 7.14. The van der Waals surface area contributed by atoms with E-state index in [1.54, 1.807) is 37.3 Å². The number of hydrogen-bond donors (Lipinski definition) is 1. The molecule has 1 aliphatic heterocycles. The van der Waals surface area contributed by atoms with Crippen molar-refractivity contribution < 1.29 is 19.2 Å². The number of benzene rings is 1. The molecule has 0 bridgehead atoms. The zero-order chi connectivity index (χ0) is 16.6. The molecule has 1 aromatic carbocycles. The molecule has 1 unspecified atom stereocenters. The highest BCUT2D eigenvalue weighted by Gasteiger charge is 2.42. The Morgan fingerprint density at radius 1 is 1.35 bits per heavy atom. The first-order valence-corrected chi connectivity index (χ1v) is 7.52. The average Bonchev–Trinajstić information content (AvgIpc) is 3.15. The smallest absolute Gasteiger partial charge is 0.311 e. The van der Waals surface area contributed by atoms with E-state index >= 15 is 0 Å². The number of likely N-dealkylation sites (tertiary alicyclic amines) is 1. The second-order valence-corrected chi connectivity index (χ2v) is 6.36. The number of nitrogens with zero attached hydrogens (tertiary/aromatic N) is 2. The van der Waals surface area contributed by atoms with Gasteiger partial charge < -0.3 is 14.5 Å². The van der Waals surface area contributed by atoms with Gasteiger partial charge in [0.2, 0.25) is 0 Å². The molecule has 1 aromatic heterocycles. The fraction of sp³-hybridized carbons (Fsp3) is 0.312. The van der Waals surface area contributed by atoms with E-state index in [4.69, 9.17) is 16.1 Å². The zero-order valence-electron chi connectivity index (χ0n) is 12.5. The predicted molar refractivity (Wildman–Crippen MR) is 83.2 cm³/mol. The molecule has 2 heterocycles. The third-order valence-corrected chi connectivity index (χ3v) is 4.39. The highest BCUT2D eigenvalue weighted by atomic mass is 35.5. The van der Waals surface area contributed by atoms with Gasteiger partial charge in [0, 0.05) is 29.7 Å². The number of aliphatic carboxylic acids is 1. The number of carboxylic acid groups (broad SMARTS) is 1. The first kappa shape index (κ1) is 15.6. The minimum absolute atomic E-state index is 0.171. The molecule has 0 aliphatic carbocycles. The van der Waals surface area contributed by atoms with Crippen LogP contribution in [0.15, 0.2) is 34.9 Å². The minimum atomic E-state index is -0.904. The van der Waals surface area contributed by atoms with Gasteiger partial charge in [-0.15, -0.1) is 0 Å². The van der Waals surface area contributed by atoms with Gasteiger partial charge in [0.05, 0.1) is 5.41 Å². The van der Waals surface area contributed by atoms with Gasteiger partial charge in [-0.25, -0.2) is 0 Å². The van der Waals surface area contributed by atoms with Crippen molar-refractivity contribution in [3.63, 3.8) is 0 Å². The van der Waals surface area contributed by atoms with Gasteiger partial charge in [0.25, 0.3) is 5.91 Å². The monoisotopic (exact) mass is 334 g/mol. The maximum atomic E-state index is 12.4. The normalized spacial score (nSPS) is 20.7. The molecule has 0 radical (unpaired) electrons. The molecule has 7 heteroatoms. The van der Waals surface area contributed by atoms with E-state index in [1.165, 1.54) is 4.90 Å². The highest BCUT2D eigenvalue weighted by molar-refractivity contribution is 6.30. The Hall–Kier alpha value is -2.34. The number of aromatic nitrogens is 1. The molecule has 120 valence electrons. The molecule has 1 saturated heterocycles. The lowest BCUT2D eigenvalue weighted by Crippen LogP contribution is -2.35. The molecule has 6 nitrogen and oxygen atoms in total. The Bertz CT molecular complexity index is 756. The topological polar surface area (TPSA) is 83.6 Å². The number of halogens is 1. The third kappa shape index (κ3) is 2.94. The van der Waals surface area contributed by atoms with Crippen molar-refractivity contribution in [1.29, 1.82) is 0 Å². The summed E-state index contributed by atoms with van der Waals surface area (Å²) in [4.78, 5) is 25.2. The molecule has 0 spiro atoms. The predicted octanol–water partition coefficient (Wildman–Crippen LogP) is 2.93. The van der Waals surface area contributed by atoms with Crippen molar-refractivity contribution in [3.05, 3.63) is 41.0 Å². The van der Waals surface area contributed by atoms with Gasteiger partial charge in [-0.3, -0.25) is 9.59 Å². The lowest BCUT2D eigenvalue weighted by atomic mass is 9.90. The van der Waals surface area contributed by atoms with Gasteiger partial charge >= 0.3 is 5.97 Å². The van der Waals surface area contributed by atoms with Crippen LogP contribution in [-0.4, -0.2) is 40.1 Å². The Balaban J connectivity index is 1.77.